The summed E-state index contributed by atoms with van der Waals surface area (Å²) in [7, 11) is -3.70. The second-order valence-electron chi connectivity index (χ2n) is 3.19. The second kappa shape index (κ2) is 5.00. The van der Waals surface area contributed by atoms with Crippen LogP contribution in [0, 0.1) is 0 Å². The fraction of sp³-hybridized carbons (Fsp3) is 0. The lowest BCUT2D eigenvalue weighted by atomic mass is 10.3. The first-order chi connectivity index (χ1) is 8.42. The molecule has 0 fully saturated rings. The average Bonchev–Trinajstić information content (AvgIpc) is 2.86. The standard InChI is InChI=1S/C9H7BrN2O3S3/c10-6-2-4-17-9(6)18(14,15)12-8-5(7(11)13)1-3-16-8/h1-4,12H,(H2,11,13). The molecule has 0 spiro atoms. The zero-order chi connectivity index (χ0) is 13.3. The van der Waals surface area contributed by atoms with Crippen molar-refractivity contribution in [2.24, 2.45) is 5.73 Å². The molecule has 0 radical (unpaired) electrons. The van der Waals surface area contributed by atoms with Gasteiger partial charge in [-0.3, -0.25) is 9.52 Å². The van der Waals surface area contributed by atoms with Crippen molar-refractivity contribution in [3.8, 4) is 0 Å². The molecular formula is C9H7BrN2O3S3. The summed E-state index contributed by atoms with van der Waals surface area (Å²) >= 11 is 5.35. The lowest BCUT2D eigenvalue weighted by Gasteiger charge is -2.05. The summed E-state index contributed by atoms with van der Waals surface area (Å²) in [5.41, 5.74) is 5.32. The van der Waals surface area contributed by atoms with Gasteiger partial charge in [0.15, 0.2) is 4.21 Å². The molecule has 0 aliphatic heterocycles. The van der Waals surface area contributed by atoms with Crippen molar-refractivity contribution in [2.45, 2.75) is 4.21 Å². The first-order valence-corrected chi connectivity index (χ1v) is 8.58. The van der Waals surface area contributed by atoms with Gasteiger partial charge in [-0.1, -0.05) is 0 Å². The Morgan fingerprint density at radius 2 is 1.94 bits per heavy atom. The van der Waals surface area contributed by atoms with Crippen molar-refractivity contribution >= 4 is 59.5 Å². The molecule has 2 aromatic rings. The second-order valence-corrected chi connectivity index (χ2v) is 7.75. The van der Waals surface area contributed by atoms with E-state index in [0.717, 1.165) is 22.7 Å². The van der Waals surface area contributed by atoms with Crippen LogP contribution in [0.5, 0.6) is 0 Å². The van der Waals surface area contributed by atoms with E-state index >= 15 is 0 Å². The monoisotopic (exact) mass is 366 g/mol. The third-order valence-corrected chi connectivity index (χ3v) is 6.97. The maximum atomic E-state index is 12.1. The Morgan fingerprint density at radius 3 is 2.50 bits per heavy atom. The summed E-state index contributed by atoms with van der Waals surface area (Å²) in [6.07, 6.45) is 0. The van der Waals surface area contributed by atoms with Crippen LogP contribution in [0.2, 0.25) is 0 Å². The molecule has 0 bridgehead atoms. The van der Waals surface area contributed by atoms with Crippen molar-refractivity contribution in [1.82, 2.24) is 0 Å². The summed E-state index contributed by atoms with van der Waals surface area (Å²) in [5, 5.41) is 3.48. The molecule has 0 saturated heterocycles. The quantitative estimate of drug-likeness (QED) is 0.870. The number of nitrogens with two attached hydrogens (primary N) is 1. The van der Waals surface area contributed by atoms with Crippen LogP contribution in [0.15, 0.2) is 31.6 Å². The van der Waals surface area contributed by atoms with E-state index < -0.39 is 15.9 Å². The Labute approximate surface area is 120 Å². The highest BCUT2D eigenvalue weighted by molar-refractivity contribution is 9.10. The third-order valence-electron chi connectivity index (χ3n) is 1.99. The first kappa shape index (κ1) is 13.5. The Morgan fingerprint density at radius 1 is 1.28 bits per heavy atom. The molecule has 5 nitrogen and oxygen atoms in total. The number of carbonyl (C=O) groups is 1. The van der Waals surface area contributed by atoms with E-state index in [1.165, 1.54) is 6.07 Å². The maximum absolute atomic E-state index is 12.1. The van der Waals surface area contributed by atoms with E-state index in [4.69, 9.17) is 5.73 Å². The first-order valence-electron chi connectivity index (χ1n) is 4.55. The van der Waals surface area contributed by atoms with Crippen molar-refractivity contribution in [2.75, 3.05) is 4.72 Å². The molecule has 96 valence electrons. The molecule has 0 aromatic carbocycles. The van der Waals surface area contributed by atoms with E-state index in [-0.39, 0.29) is 14.8 Å². The maximum Gasteiger partial charge on any atom is 0.273 e. The zero-order valence-electron chi connectivity index (χ0n) is 8.71. The van der Waals surface area contributed by atoms with Gasteiger partial charge in [0.05, 0.1) is 5.56 Å². The SMILES string of the molecule is NC(=O)c1ccsc1NS(=O)(=O)c1sccc1Br. The van der Waals surface area contributed by atoms with Gasteiger partial charge in [0.1, 0.15) is 5.00 Å². The lowest BCUT2D eigenvalue weighted by Crippen LogP contribution is -2.16. The Balaban J connectivity index is 2.37. The highest BCUT2D eigenvalue weighted by Crippen LogP contribution is 2.31. The number of nitrogens with one attached hydrogen (secondary N) is 1. The van der Waals surface area contributed by atoms with Gasteiger partial charge in [-0.05, 0) is 38.8 Å². The summed E-state index contributed by atoms with van der Waals surface area (Å²) in [6.45, 7) is 0. The molecule has 2 rings (SSSR count). The van der Waals surface area contributed by atoms with Gasteiger partial charge < -0.3 is 5.73 Å². The number of rotatable bonds is 4. The van der Waals surface area contributed by atoms with Gasteiger partial charge in [0.25, 0.3) is 15.9 Å². The Bertz CT molecular complexity index is 689. The number of anilines is 1. The van der Waals surface area contributed by atoms with E-state index in [1.807, 2.05) is 0 Å². The number of thiophene rings is 2. The van der Waals surface area contributed by atoms with Crippen LogP contribution in [-0.2, 0) is 10.0 Å². The van der Waals surface area contributed by atoms with Crippen LogP contribution >= 0.6 is 38.6 Å². The molecule has 0 aliphatic carbocycles. The number of halogens is 1. The highest BCUT2D eigenvalue weighted by Gasteiger charge is 2.22. The number of hydrogen-bond acceptors (Lipinski definition) is 5. The topological polar surface area (TPSA) is 89.3 Å². The summed E-state index contributed by atoms with van der Waals surface area (Å²) in [5.74, 6) is -0.667. The predicted molar refractivity (Wildman–Crippen MR) is 75.7 cm³/mol. The molecule has 0 saturated carbocycles. The van der Waals surface area contributed by atoms with Gasteiger partial charge in [-0.25, -0.2) is 8.42 Å². The molecular weight excluding hydrogens is 360 g/mol. The van der Waals surface area contributed by atoms with E-state index in [9.17, 15) is 13.2 Å². The van der Waals surface area contributed by atoms with Crippen molar-refractivity contribution in [3.63, 3.8) is 0 Å². The van der Waals surface area contributed by atoms with Crippen LogP contribution in [0.3, 0.4) is 0 Å². The number of carbonyl (C=O) groups excluding carboxylic acids is 1. The molecule has 0 atom stereocenters. The predicted octanol–water partition coefficient (Wildman–Crippen LogP) is 2.47. The molecule has 0 unspecified atom stereocenters. The van der Waals surface area contributed by atoms with Crippen molar-refractivity contribution in [3.05, 3.63) is 32.9 Å². The van der Waals surface area contributed by atoms with Crippen LogP contribution < -0.4 is 10.5 Å². The third kappa shape index (κ3) is 2.58. The van der Waals surface area contributed by atoms with Gasteiger partial charge >= 0.3 is 0 Å². The average molecular weight is 367 g/mol. The van der Waals surface area contributed by atoms with E-state index in [1.54, 1.807) is 16.8 Å². The summed E-state index contributed by atoms with van der Waals surface area (Å²) in [6, 6.07) is 3.12. The largest absolute Gasteiger partial charge is 0.366 e. The van der Waals surface area contributed by atoms with Gasteiger partial charge in [0, 0.05) is 4.47 Å². The number of sulfonamides is 1. The van der Waals surface area contributed by atoms with Crippen molar-refractivity contribution < 1.29 is 13.2 Å². The Hall–Kier alpha value is -0.900. The van der Waals surface area contributed by atoms with Crippen LogP contribution in [0.4, 0.5) is 5.00 Å². The number of primary amides is 1. The smallest absolute Gasteiger partial charge is 0.273 e. The molecule has 0 aliphatic rings. The van der Waals surface area contributed by atoms with E-state index in [0.29, 0.717) is 4.47 Å². The van der Waals surface area contributed by atoms with Crippen LogP contribution in [0.1, 0.15) is 10.4 Å². The summed E-state index contributed by atoms with van der Waals surface area (Å²) < 4.78 is 27.2. The molecule has 9 heteroatoms. The minimum absolute atomic E-state index is 0.159. The fourth-order valence-electron chi connectivity index (χ4n) is 1.22. The molecule has 1 amide bonds. The van der Waals surface area contributed by atoms with Crippen molar-refractivity contribution in [1.29, 1.82) is 0 Å². The Kier molecular flexibility index (Phi) is 3.76. The number of amides is 1. The lowest BCUT2D eigenvalue weighted by molar-refractivity contribution is 0.100. The van der Waals surface area contributed by atoms with Crippen LogP contribution in [-0.4, -0.2) is 14.3 Å². The fourth-order valence-corrected chi connectivity index (χ4v) is 5.68. The zero-order valence-corrected chi connectivity index (χ0v) is 12.7. The number of hydrogen-bond donors (Lipinski definition) is 2. The summed E-state index contributed by atoms with van der Waals surface area (Å²) in [4.78, 5) is 11.1. The molecule has 2 aromatic heterocycles. The van der Waals surface area contributed by atoms with Gasteiger partial charge in [-0.15, -0.1) is 22.7 Å². The molecule has 3 N–H and O–H groups in total. The molecule has 2 heterocycles. The minimum Gasteiger partial charge on any atom is -0.366 e. The van der Waals surface area contributed by atoms with Gasteiger partial charge in [0.2, 0.25) is 0 Å². The molecule has 18 heavy (non-hydrogen) atoms. The van der Waals surface area contributed by atoms with Gasteiger partial charge in [-0.2, -0.15) is 0 Å². The minimum atomic E-state index is -3.70. The highest BCUT2D eigenvalue weighted by atomic mass is 79.9. The van der Waals surface area contributed by atoms with E-state index in [2.05, 4.69) is 20.7 Å². The van der Waals surface area contributed by atoms with Crippen LogP contribution in [0.25, 0.3) is 0 Å². The normalized spacial score (nSPS) is 11.4.